The highest BCUT2D eigenvalue weighted by Gasteiger charge is 2.06. The lowest BCUT2D eigenvalue weighted by atomic mass is 10.1. The molecule has 0 spiro atoms. The van der Waals surface area contributed by atoms with Crippen molar-refractivity contribution in [3.8, 4) is 0 Å². The van der Waals surface area contributed by atoms with E-state index in [2.05, 4.69) is 19.2 Å². The van der Waals surface area contributed by atoms with Crippen molar-refractivity contribution in [3.05, 3.63) is 0 Å². The van der Waals surface area contributed by atoms with Crippen LogP contribution < -0.4 is 5.32 Å². The van der Waals surface area contributed by atoms with E-state index in [9.17, 15) is 0 Å². The van der Waals surface area contributed by atoms with Gasteiger partial charge < -0.3 is 15.2 Å². The van der Waals surface area contributed by atoms with Gasteiger partial charge in [-0.25, -0.2) is 0 Å². The topological polar surface area (TPSA) is 41.5 Å². The molecule has 0 rings (SSSR count). The lowest BCUT2D eigenvalue weighted by Gasteiger charge is -2.17. The van der Waals surface area contributed by atoms with E-state index in [1.165, 1.54) is 0 Å². The SMILES string of the molecule is CCC(C)CNC(CO)COC. The fourth-order valence-electron chi connectivity index (χ4n) is 0.890. The number of aliphatic hydroxyl groups excluding tert-OH is 1. The molecule has 0 radical (unpaired) electrons. The minimum atomic E-state index is 0.0870. The maximum absolute atomic E-state index is 8.90. The highest BCUT2D eigenvalue weighted by atomic mass is 16.5. The molecule has 3 heteroatoms. The van der Waals surface area contributed by atoms with Crippen LogP contribution >= 0.6 is 0 Å². The highest BCUT2D eigenvalue weighted by molar-refractivity contribution is 4.65. The Labute approximate surface area is 75.1 Å². The predicted molar refractivity (Wildman–Crippen MR) is 50.2 cm³/mol. The minimum absolute atomic E-state index is 0.0870. The van der Waals surface area contributed by atoms with Gasteiger partial charge in [-0.3, -0.25) is 0 Å². The van der Waals surface area contributed by atoms with E-state index in [0.717, 1.165) is 13.0 Å². The molecular formula is C9H21NO2. The van der Waals surface area contributed by atoms with Crippen LogP contribution in [0.4, 0.5) is 0 Å². The first kappa shape index (κ1) is 11.9. The summed E-state index contributed by atoms with van der Waals surface area (Å²) in [6.45, 7) is 6.02. The second-order valence-electron chi connectivity index (χ2n) is 3.26. The van der Waals surface area contributed by atoms with Crippen LogP contribution in [0.25, 0.3) is 0 Å². The largest absolute Gasteiger partial charge is 0.395 e. The Balaban J connectivity index is 3.43. The molecule has 2 atom stereocenters. The smallest absolute Gasteiger partial charge is 0.0638 e. The van der Waals surface area contributed by atoms with Gasteiger partial charge in [-0.05, 0) is 12.5 Å². The molecular weight excluding hydrogens is 154 g/mol. The third-order valence-electron chi connectivity index (χ3n) is 2.04. The summed E-state index contributed by atoms with van der Waals surface area (Å²) in [6.07, 6.45) is 1.16. The summed E-state index contributed by atoms with van der Waals surface area (Å²) in [5.41, 5.74) is 0. The zero-order valence-corrected chi connectivity index (χ0v) is 8.34. The first-order chi connectivity index (χ1) is 5.74. The van der Waals surface area contributed by atoms with Crippen LogP contribution in [0.1, 0.15) is 20.3 Å². The fraction of sp³-hybridized carbons (Fsp3) is 1.00. The van der Waals surface area contributed by atoms with E-state index in [4.69, 9.17) is 9.84 Å². The van der Waals surface area contributed by atoms with Crippen molar-refractivity contribution in [2.45, 2.75) is 26.3 Å². The van der Waals surface area contributed by atoms with E-state index >= 15 is 0 Å². The summed E-state index contributed by atoms with van der Waals surface area (Å²) >= 11 is 0. The van der Waals surface area contributed by atoms with Crippen LogP contribution in [0.2, 0.25) is 0 Å². The Morgan fingerprint density at radius 3 is 2.58 bits per heavy atom. The molecule has 0 saturated heterocycles. The monoisotopic (exact) mass is 175 g/mol. The zero-order valence-electron chi connectivity index (χ0n) is 8.34. The van der Waals surface area contributed by atoms with Gasteiger partial charge in [-0.15, -0.1) is 0 Å². The number of hydrogen-bond donors (Lipinski definition) is 2. The van der Waals surface area contributed by atoms with Crippen molar-refractivity contribution in [1.82, 2.24) is 5.32 Å². The quantitative estimate of drug-likeness (QED) is 0.596. The van der Waals surface area contributed by atoms with Crippen LogP contribution in [-0.2, 0) is 4.74 Å². The molecule has 0 aliphatic rings. The summed E-state index contributed by atoms with van der Waals surface area (Å²) < 4.78 is 4.94. The second kappa shape index (κ2) is 7.53. The van der Waals surface area contributed by atoms with Crippen molar-refractivity contribution in [3.63, 3.8) is 0 Å². The maximum atomic E-state index is 8.90. The molecule has 0 saturated carbocycles. The van der Waals surface area contributed by atoms with Crippen molar-refractivity contribution >= 4 is 0 Å². The first-order valence-electron chi connectivity index (χ1n) is 4.57. The van der Waals surface area contributed by atoms with Crippen molar-refractivity contribution in [1.29, 1.82) is 0 Å². The Morgan fingerprint density at radius 1 is 1.50 bits per heavy atom. The molecule has 0 aromatic carbocycles. The molecule has 3 nitrogen and oxygen atoms in total. The molecule has 2 N–H and O–H groups in total. The lowest BCUT2D eigenvalue weighted by molar-refractivity contribution is 0.126. The van der Waals surface area contributed by atoms with Crippen molar-refractivity contribution < 1.29 is 9.84 Å². The van der Waals surface area contributed by atoms with Crippen molar-refractivity contribution in [2.75, 3.05) is 26.9 Å². The number of aliphatic hydroxyl groups is 1. The molecule has 0 aromatic rings. The van der Waals surface area contributed by atoms with Gasteiger partial charge in [0.25, 0.3) is 0 Å². The number of hydrogen-bond acceptors (Lipinski definition) is 3. The summed E-state index contributed by atoms with van der Waals surface area (Å²) in [4.78, 5) is 0. The number of ether oxygens (including phenoxy) is 1. The number of rotatable bonds is 7. The molecule has 74 valence electrons. The van der Waals surface area contributed by atoms with Crippen LogP contribution in [0.5, 0.6) is 0 Å². The van der Waals surface area contributed by atoms with Gasteiger partial charge in [0.1, 0.15) is 0 Å². The summed E-state index contributed by atoms with van der Waals surface area (Å²) in [6, 6.07) is 0.0870. The lowest BCUT2D eigenvalue weighted by Crippen LogP contribution is -2.38. The fourth-order valence-corrected chi connectivity index (χ4v) is 0.890. The van der Waals surface area contributed by atoms with E-state index < -0.39 is 0 Å². The van der Waals surface area contributed by atoms with Gasteiger partial charge in [-0.2, -0.15) is 0 Å². The van der Waals surface area contributed by atoms with Crippen LogP contribution in [0.3, 0.4) is 0 Å². The van der Waals surface area contributed by atoms with Gasteiger partial charge in [0.2, 0.25) is 0 Å². The molecule has 0 aromatic heterocycles. The molecule has 0 aliphatic carbocycles. The molecule has 0 aliphatic heterocycles. The van der Waals surface area contributed by atoms with Gasteiger partial charge in [0.05, 0.1) is 19.3 Å². The average Bonchev–Trinajstić information content (AvgIpc) is 2.11. The van der Waals surface area contributed by atoms with E-state index in [-0.39, 0.29) is 12.6 Å². The van der Waals surface area contributed by atoms with E-state index in [1.807, 2.05) is 0 Å². The molecule has 2 unspecified atom stereocenters. The zero-order chi connectivity index (χ0) is 9.40. The Kier molecular flexibility index (Phi) is 7.45. The van der Waals surface area contributed by atoms with Gasteiger partial charge in [0, 0.05) is 7.11 Å². The summed E-state index contributed by atoms with van der Waals surface area (Å²) in [5.74, 6) is 0.663. The minimum Gasteiger partial charge on any atom is -0.395 e. The third-order valence-corrected chi connectivity index (χ3v) is 2.04. The van der Waals surface area contributed by atoms with Crippen molar-refractivity contribution in [2.24, 2.45) is 5.92 Å². The van der Waals surface area contributed by atoms with Gasteiger partial charge in [0.15, 0.2) is 0 Å². The third kappa shape index (κ3) is 5.52. The molecule has 0 bridgehead atoms. The van der Waals surface area contributed by atoms with E-state index in [0.29, 0.717) is 12.5 Å². The maximum Gasteiger partial charge on any atom is 0.0638 e. The second-order valence-corrected chi connectivity index (χ2v) is 3.26. The molecule has 12 heavy (non-hydrogen) atoms. The predicted octanol–water partition coefficient (Wildman–Crippen LogP) is 0.629. The average molecular weight is 175 g/mol. The van der Waals surface area contributed by atoms with Crippen LogP contribution in [0.15, 0.2) is 0 Å². The normalized spacial score (nSPS) is 16.0. The molecule has 0 heterocycles. The number of nitrogens with one attached hydrogen (secondary N) is 1. The summed E-state index contributed by atoms with van der Waals surface area (Å²) in [7, 11) is 1.65. The number of methoxy groups -OCH3 is 1. The molecule has 0 amide bonds. The van der Waals surface area contributed by atoms with Gasteiger partial charge in [-0.1, -0.05) is 20.3 Å². The Morgan fingerprint density at radius 2 is 2.17 bits per heavy atom. The van der Waals surface area contributed by atoms with Gasteiger partial charge >= 0.3 is 0 Å². The highest BCUT2D eigenvalue weighted by Crippen LogP contribution is 1.98. The Hall–Kier alpha value is -0.120. The Bertz CT molecular complexity index is 98.5. The van der Waals surface area contributed by atoms with E-state index in [1.54, 1.807) is 7.11 Å². The van der Waals surface area contributed by atoms with Crippen LogP contribution in [-0.4, -0.2) is 38.0 Å². The standard InChI is InChI=1S/C9H21NO2/c1-4-8(2)5-10-9(6-11)7-12-3/h8-11H,4-7H2,1-3H3. The molecule has 0 fully saturated rings. The van der Waals surface area contributed by atoms with Crippen LogP contribution in [0, 0.1) is 5.92 Å². The summed E-state index contributed by atoms with van der Waals surface area (Å²) in [5, 5.41) is 12.1. The first-order valence-corrected chi connectivity index (χ1v) is 4.57.